The molecule has 24 heavy (non-hydrogen) atoms. The first-order valence-corrected chi connectivity index (χ1v) is 7.49. The van der Waals surface area contributed by atoms with Crippen LogP contribution in [0.25, 0.3) is 10.9 Å². The minimum Gasteiger partial charge on any atom is -0.360 e. The van der Waals surface area contributed by atoms with Crippen LogP contribution >= 0.6 is 0 Å². The highest BCUT2D eigenvalue weighted by atomic mass is 19.1. The highest BCUT2D eigenvalue weighted by molar-refractivity contribution is 5.99. The zero-order valence-corrected chi connectivity index (χ0v) is 14.0. The monoisotopic (exact) mass is 333 g/mol. The van der Waals surface area contributed by atoms with Crippen LogP contribution in [0.15, 0.2) is 23.1 Å². The third-order valence-corrected chi connectivity index (χ3v) is 3.32. The Morgan fingerprint density at radius 3 is 2.54 bits per heavy atom. The molecule has 2 aromatic rings. The van der Waals surface area contributed by atoms with Gasteiger partial charge in [-0.25, -0.2) is 4.39 Å². The van der Waals surface area contributed by atoms with Gasteiger partial charge in [0.2, 0.25) is 11.3 Å². The molecule has 0 fully saturated rings. The number of benzene rings is 1. The summed E-state index contributed by atoms with van der Waals surface area (Å²) in [6, 6.07) is 2.39. The van der Waals surface area contributed by atoms with Crippen LogP contribution in [-0.4, -0.2) is 28.9 Å². The summed E-state index contributed by atoms with van der Waals surface area (Å²) in [4.78, 5) is 39.1. The molecule has 0 spiro atoms. The number of aromatic nitrogens is 1. The largest absolute Gasteiger partial charge is 0.360 e. The molecule has 0 bridgehead atoms. The second-order valence-electron chi connectivity index (χ2n) is 6.66. The van der Waals surface area contributed by atoms with Crippen molar-refractivity contribution in [3.63, 3.8) is 0 Å². The molecular formula is C17H20FN3O3. The maximum atomic E-state index is 13.5. The summed E-state index contributed by atoms with van der Waals surface area (Å²) in [7, 11) is 0. The SMILES string of the molecule is Cc1cc(F)cc2c(=O)c(C(=O)NCC(=O)NC(C)(C)C)c[nH]c12. The Balaban J connectivity index is 2.23. The number of H-pyrrole nitrogens is 1. The molecule has 0 atom stereocenters. The average Bonchev–Trinajstić information content (AvgIpc) is 2.44. The molecule has 128 valence electrons. The van der Waals surface area contributed by atoms with Crippen molar-refractivity contribution < 1.29 is 14.0 Å². The first-order chi connectivity index (χ1) is 11.1. The van der Waals surface area contributed by atoms with Gasteiger partial charge in [0.05, 0.1) is 12.1 Å². The number of fused-ring (bicyclic) bond motifs is 1. The van der Waals surface area contributed by atoms with Gasteiger partial charge in [0.1, 0.15) is 11.4 Å². The van der Waals surface area contributed by atoms with Gasteiger partial charge in [-0.1, -0.05) is 0 Å². The molecule has 2 rings (SSSR count). The van der Waals surface area contributed by atoms with Crippen molar-refractivity contribution in [1.29, 1.82) is 0 Å². The van der Waals surface area contributed by atoms with Gasteiger partial charge in [0, 0.05) is 17.1 Å². The molecule has 0 unspecified atom stereocenters. The Morgan fingerprint density at radius 1 is 1.25 bits per heavy atom. The van der Waals surface area contributed by atoms with Crippen molar-refractivity contribution in [1.82, 2.24) is 15.6 Å². The van der Waals surface area contributed by atoms with Crippen molar-refractivity contribution in [2.24, 2.45) is 0 Å². The lowest BCUT2D eigenvalue weighted by Gasteiger charge is -2.20. The molecule has 0 saturated heterocycles. The first kappa shape index (κ1) is 17.7. The Morgan fingerprint density at radius 2 is 1.92 bits per heavy atom. The van der Waals surface area contributed by atoms with Crippen LogP contribution in [0.4, 0.5) is 4.39 Å². The third-order valence-electron chi connectivity index (χ3n) is 3.32. The number of rotatable bonds is 3. The number of carbonyl (C=O) groups is 2. The van der Waals surface area contributed by atoms with Crippen molar-refractivity contribution in [3.05, 3.63) is 45.5 Å². The van der Waals surface area contributed by atoms with Crippen LogP contribution in [0.5, 0.6) is 0 Å². The van der Waals surface area contributed by atoms with Crippen LogP contribution in [0.1, 0.15) is 36.7 Å². The van der Waals surface area contributed by atoms with E-state index in [-0.39, 0.29) is 23.4 Å². The van der Waals surface area contributed by atoms with E-state index in [1.165, 1.54) is 12.3 Å². The number of aryl methyl sites for hydroxylation is 1. The van der Waals surface area contributed by atoms with Crippen LogP contribution in [0.2, 0.25) is 0 Å². The smallest absolute Gasteiger partial charge is 0.257 e. The van der Waals surface area contributed by atoms with Crippen molar-refractivity contribution >= 4 is 22.7 Å². The summed E-state index contributed by atoms with van der Waals surface area (Å²) in [5, 5.41) is 5.18. The Labute approximate surface area is 138 Å². The summed E-state index contributed by atoms with van der Waals surface area (Å²) in [6.45, 7) is 6.86. The van der Waals surface area contributed by atoms with Gasteiger partial charge in [-0.15, -0.1) is 0 Å². The Hall–Kier alpha value is -2.70. The summed E-state index contributed by atoms with van der Waals surface area (Å²) in [5.74, 6) is -1.60. The zero-order valence-electron chi connectivity index (χ0n) is 14.0. The van der Waals surface area contributed by atoms with Gasteiger partial charge < -0.3 is 15.6 Å². The second kappa shape index (κ2) is 6.43. The lowest BCUT2D eigenvalue weighted by Crippen LogP contribution is -2.46. The highest BCUT2D eigenvalue weighted by Gasteiger charge is 2.17. The molecule has 2 amide bonds. The predicted octanol–water partition coefficient (Wildman–Crippen LogP) is 1.62. The van der Waals surface area contributed by atoms with Crippen molar-refractivity contribution in [3.8, 4) is 0 Å². The number of halogens is 1. The van der Waals surface area contributed by atoms with E-state index in [4.69, 9.17) is 0 Å². The third kappa shape index (κ3) is 3.98. The number of hydrogen-bond donors (Lipinski definition) is 3. The van der Waals surface area contributed by atoms with E-state index in [0.29, 0.717) is 11.1 Å². The number of carbonyl (C=O) groups excluding carboxylic acids is 2. The predicted molar refractivity (Wildman–Crippen MR) is 89.5 cm³/mol. The molecule has 0 aliphatic carbocycles. The molecule has 0 radical (unpaired) electrons. The number of nitrogens with one attached hydrogen (secondary N) is 3. The van der Waals surface area contributed by atoms with E-state index < -0.39 is 22.7 Å². The fourth-order valence-electron chi connectivity index (χ4n) is 2.36. The Kier molecular flexibility index (Phi) is 4.73. The lowest BCUT2D eigenvalue weighted by atomic mass is 10.1. The molecule has 0 saturated carbocycles. The summed E-state index contributed by atoms with van der Waals surface area (Å²) < 4.78 is 13.5. The number of aromatic amines is 1. The minimum absolute atomic E-state index is 0.0966. The molecule has 3 N–H and O–H groups in total. The fraction of sp³-hybridized carbons (Fsp3) is 0.353. The normalized spacial score (nSPS) is 11.4. The van der Waals surface area contributed by atoms with Crippen LogP contribution in [0.3, 0.4) is 0 Å². The van der Waals surface area contributed by atoms with E-state index in [1.807, 2.05) is 20.8 Å². The Bertz CT molecular complexity index is 866. The summed E-state index contributed by atoms with van der Waals surface area (Å²) >= 11 is 0. The van der Waals surface area contributed by atoms with Crippen molar-refractivity contribution in [2.75, 3.05) is 6.54 Å². The number of pyridine rings is 1. The van der Waals surface area contributed by atoms with Crippen molar-refractivity contribution in [2.45, 2.75) is 33.2 Å². The fourth-order valence-corrected chi connectivity index (χ4v) is 2.36. The highest BCUT2D eigenvalue weighted by Crippen LogP contribution is 2.15. The number of hydrogen-bond acceptors (Lipinski definition) is 3. The van der Waals surface area contributed by atoms with Gasteiger partial charge in [-0.3, -0.25) is 14.4 Å². The average molecular weight is 333 g/mol. The van der Waals surface area contributed by atoms with Crippen LogP contribution < -0.4 is 16.1 Å². The quantitative estimate of drug-likeness (QED) is 0.797. The molecule has 6 nitrogen and oxygen atoms in total. The van der Waals surface area contributed by atoms with E-state index in [0.717, 1.165) is 6.07 Å². The topological polar surface area (TPSA) is 91.1 Å². The summed E-state index contributed by atoms with van der Waals surface area (Å²) in [6.07, 6.45) is 1.27. The van der Waals surface area contributed by atoms with Gasteiger partial charge >= 0.3 is 0 Å². The zero-order chi connectivity index (χ0) is 18.1. The summed E-state index contributed by atoms with van der Waals surface area (Å²) in [5.41, 5.74) is -0.129. The maximum Gasteiger partial charge on any atom is 0.257 e. The number of amides is 2. The van der Waals surface area contributed by atoms with E-state index in [1.54, 1.807) is 6.92 Å². The van der Waals surface area contributed by atoms with Gasteiger partial charge in [-0.05, 0) is 45.4 Å². The molecule has 1 heterocycles. The molecule has 0 aliphatic rings. The molecule has 1 aromatic heterocycles. The lowest BCUT2D eigenvalue weighted by molar-refractivity contribution is -0.121. The van der Waals surface area contributed by atoms with Crippen LogP contribution in [-0.2, 0) is 4.79 Å². The first-order valence-electron chi connectivity index (χ1n) is 7.49. The molecular weight excluding hydrogens is 313 g/mol. The molecule has 1 aromatic carbocycles. The van der Waals surface area contributed by atoms with E-state index >= 15 is 0 Å². The van der Waals surface area contributed by atoms with Crippen LogP contribution in [0, 0.1) is 12.7 Å². The van der Waals surface area contributed by atoms with Gasteiger partial charge in [0.15, 0.2) is 0 Å². The molecule has 0 aliphatic heterocycles. The van der Waals surface area contributed by atoms with Gasteiger partial charge in [-0.2, -0.15) is 0 Å². The van der Waals surface area contributed by atoms with E-state index in [2.05, 4.69) is 15.6 Å². The maximum absolute atomic E-state index is 13.5. The van der Waals surface area contributed by atoms with Gasteiger partial charge in [0.25, 0.3) is 5.91 Å². The molecule has 7 heteroatoms. The minimum atomic E-state index is -0.691. The standard InChI is InChI=1S/C17H20FN3O3/c1-9-5-10(18)6-11-14(9)19-7-12(15(11)23)16(24)20-8-13(22)21-17(2,3)4/h5-7H,8H2,1-4H3,(H,19,23)(H,20,24)(H,21,22). The second-order valence-corrected chi connectivity index (χ2v) is 6.66. The van der Waals surface area contributed by atoms with E-state index in [9.17, 15) is 18.8 Å².